The average Bonchev–Trinajstić information content (AvgIpc) is 2.71. The van der Waals surface area contributed by atoms with Crippen molar-refractivity contribution in [1.82, 2.24) is 4.98 Å². The van der Waals surface area contributed by atoms with Crippen LogP contribution in [0.1, 0.15) is 49.4 Å². The highest BCUT2D eigenvalue weighted by molar-refractivity contribution is 6.36. The predicted molar refractivity (Wildman–Crippen MR) is 119 cm³/mol. The number of nitrogens with one attached hydrogen (secondary N) is 1. The molecular weight excluding hydrogens is 408 g/mol. The number of aromatic amines is 1. The molecule has 1 heterocycles. The number of H-pyrrole nitrogens is 1. The van der Waals surface area contributed by atoms with Gasteiger partial charge >= 0.3 is 5.97 Å². The maximum Gasteiger partial charge on any atom is 0.303 e. The Balaban J connectivity index is 0.000000303. The van der Waals surface area contributed by atoms with Gasteiger partial charge in [0.1, 0.15) is 5.75 Å². The molecule has 0 aliphatic carbocycles. The molecule has 8 heteroatoms. The van der Waals surface area contributed by atoms with Crippen molar-refractivity contribution in [2.75, 3.05) is 7.11 Å². The summed E-state index contributed by atoms with van der Waals surface area (Å²) in [5.41, 5.74) is 6.11. The highest BCUT2D eigenvalue weighted by atomic mass is 35.5. The van der Waals surface area contributed by atoms with Gasteiger partial charge in [-0.2, -0.15) is 0 Å². The van der Waals surface area contributed by atoms with Crippen LogP contribution in [0.3, 0.4) is 0 Å². The molecule has 1 amide bonds. The zero-order valence-electron chi connectivity index (χ0n) is 17.0. The Hall–Kier alpha value is -3.06. The Bertz CT molecular complexity index is 1120. The van der Waals surface area contributed by atoms with Gasteiger partial charge in [0.2, 0.25) is 0 Å². The minimum absolute atomic E-state index is 0.208. The third-order valence-electron chi connectivity index (χ3n) is 4.63. The number of primary amides is 1. The number of nitrogens with two attached hydrogens (primary N) is 1. The molecule has 3 rings (SSSR count). The highest BCUT2D eigenvalue weighted by Crippen LogP contribution is 2.28. The van der Waals surface area contributed by atoms with E-state index in [0.717, 1.165) is 19.3 Å². The van der Waals surface area contributed by atoms with E-state index in [-0.39, 0.29) is 21.4 Å². The fraction of sp³-hybridized carbons (Fsp3) is 0.318. The molecule has 0 bridgehead atoms. The molecule has 0 unspecified atom stereocenters. The van der Waals surface area contributed by atoms with Crippen LogP contribution in [0.15, 0.2) is 35.1 Å². The number of carbonyl (C=O) groups is 2. The van der Waals surface area contributed by atoms with Crippen LogP contribution in [0.2, 0.25) is 5.02 Å². The number of rotatable bonds is 7. The Morgan fingerprint density at radius 3 is 2.47 bits per heavy atom. The summed E-state index contributed by atoms with van der Waals surface area (Å²) in [5, 5.41) is 9.16. The largest absolute Gasteiger partial charge is 0.495 e. The van der Waals surface area contributed by atoms with E-state index in [0.29, 0.717) is 28.6 Å². The number of carboxylic acid groups (broad SMARTS) is 1. The second kappa shape index (κ2) is 10.6. The Kier molecular flexibility index (Phi) is 8.24. The van der Waals surface area contributed by atoms with Gasteiger partial charge < -0.3 is 20.6 Å². The summed E-state index contributed by atoms with van der Waals surface area (Å²) in [5.74, 6) is -0.811. The fourth-order valence-corrected chi connectivity index (χ4v) is 3.36. The number of halogens is 1. The molecule has 0 atom stereocenters. The standard InChI is InChI=1S/C15H11ClN2O3.C7H14O2/c1-21-10-4-2-3-7-12(10)18-13-8(15(17)20)5-6-9(16)11(13)14(7)19;1-2-3-4-5-6-7(8)9/h2-6H,1H3,(H2,17,20)(H,18,19);2-6H2,1H3,(H,8,9). The lowest BCUT2D eigenvalue weighted by atomic mass is 10.1. The van der Waals surface area contributed by atoms with E-state index in [4.69, 9.17) is 27.2 Å². The molecule has 3 aromatic rings. The van der Waals surface area contributed by atoms with E-state index in [1.807, 2.05) is 0 Å². The van der Waals surface area contributed by atoms with Crippen molar-refractivity contribution in [3.63, 3.8) is 0 Å². The molecule has 0 aliphatic heterocycles. The number of para-hydroxylation sites is 1. The number of unbranched alkanes of at least 4 members (excludes halogenated alkanes) is 3. The van der Waals surface area contributed by atoms with Crippen LogP contribution >= 0.6 is 11.6 Å². The second-order valence-electron chi connectivity index (χ2n) is 6.75. The zero-order valence-corrected chi connectivity index (χ0v) is 17.7. The number of benzene rings is 2. The van der Waals surface area contributed by atoms with Gasteiger partial charge in [-0.05, 0) is 30.7 Å². The summed E-state index contributed by atoms with van der Waals surface area (Å²) in [6.07, 6.45) is 4.55. The van der Waals surface area contributed by atoms with Crippen molar-refractivity contribution < 1.29 is 19.4 Å². The summed E-state index contributed by atoms with van der Waals surface area (Å²) in [7, 11) is 1.50. The van der Waals surface area contributed by atoms with E-state index in [1.54, 1.807) is 18.2 Å². The number of carbonyl (C=O) groups excluding carboxylic acids is 1. The first-order valence-corrected chi connectivity index (χ1v) is 10.0. The van der Waals surface area contributed by atoms with Crippen molar-refractivity contribution in [2.24, 2.45) is 5.73 Å². The number of fused-ring (bicyclic) bond motifs is 2. The van der Waals surface area contributed by atoms with E-state index in [1.165, 1.54) is 25.7 Å². The third-order valence-corrected chi connectivity index (χ3v) is 4.95. The molecule has 0 saturated heterocycles. The lowest BCUT2D eigenvalue weighted by molar-refractivity contribution is -0.137. The van der Waals surface area contributed by atoms with Crippen LogP contribution in [0.5, 0.6) is 5.75 Å². The molecule has 0 saturated carbocycles. The van der Waals surface area contributed by atoms with Crippen LogP contribution < -0.4 is 15.9 Å². The maximum absolute atomic E-state index is 12.6. The number of hydrogen-bond donors (Lipinski definition) is 3. The topological polar surface area (TPSA) is 122 Å². The van der Waals surface area contributed by atoms with Crippen molar-refractivity contribution in [2.45, 2.75) is 39.0 Å². The van der Waals surface area contributed by atoms with E-state index in [9.17, 15) is 14.4 Å². The summed E-state index contributed by atoms with van der Waals surface area (Å²) in [6.45, 7) is 2.11. The number of hydrogen-bond acceptors (Lipinski definition) is 4. The van der Waals surface area contributed by atoms with Crippen LogP contribution in [0.4, 0.5) is 0 Å². The Morgan fingerprint density at radius 2 is 1.87 bits per heavy atom. The molecule has 2 aromatic carbocycles. The number of aromatic nitrogens is 1. The molecule has 0 radical (unpaired) electrons. The third kappa shape index (κ3) is 5.30. The molecule has 4 N–H and O–H groups in total. The summed E-state index contributed by atoms with van der Waals surface area (Å²) in [4.78, 5) is 37.2. The molecule has 0 fully saturated rings. The Morgan fingerprint density at radius 1 is 1.13 bits per heavy atom. The van der Waals surface area contributed by atoms with Gasteiger partial charge in [-0.3, -0.25) is 14.4 Å². The molecule has 30 heavy (non-hydrogen) atoms. The molecule has 0 aliphatic rings. The van der Waals surface area contributed by atoms with Crippen LogP contribution in [0.25, 0.3) is 21.8 Å². The first kappa shape index (κ1) is 23.2. The van der Waals surface area contributed by atoms with Crippen molar-refractivity contribution in [3.05, 3.63) is 51.1 Å². The van der Waals surface area contributed by atoms with E-state index in [2.05, 4.69) is 11.9 Å². The summed E-state index contributed by atoms with van der Waals surface area (Å²) < 4.78 is 5.24. The zero-order chi connectivity index (χ0) is 22.3. The molecule has 160 valence electrons. The monoisotopic (exact) mass is 432 g/mol. The maximum atomic E-state index is 12.6. The first-order chi connectivity index (χ1) is 14.3. The normalized spacial score (nSPS) is 10.5. The lowest BCUT2D eigenvalue weighted by Crippen LogP contribution is -2.14. The predicted octanol–water partition coefficient (Wildman–Crippen LogP) is 4.48. The Labute approximate surface area is 178 Å². The van der Waals surface area contributed by atoms with E-state index >= 15 is 0 Å². The summed E-state index contributed by atoms with van der Waals surface area (Å²) in [6, 6.07) is 8.09. The van der Waals surface area contributed by atoms with Gasteiger partial charge in [0.05, 0.1) is 34.1 Å². The average molecular weight is 433 g/mol. The van der Waals surface area contributed by atoms with Gasteiger partial charge in [0, 0.05) is 11.8 Å². The van der Waals surface area contributed by atoms with Crippen LogP contribution in [-0.4, -0.2) is 29.1 Å². The summed E-state index contributed by atoms with van der Waals surface area (Å²) >= 11 is 6.11. The van der Waals surface area contributed by atoms with Gasteiger partial charge in [0.15, 0.2) is 5.43 Å². The van der Waals surface area contributed by atoms with Gasteiger partial charge in [-0.15, -0.1) is 0 Å². The molecule has 7 nitrogen and oxygen atoms in total. The molecule has 1 aromatic heterocycles. The number of ether oxygens (including phenoxy) is 1. The van der Waals surface area contributed by atoms with E-state index < -0.39 is 11.9 Å². The van der Waals surface area contributed by atoms with Gasteiger partial charge in [-0.25, -0.2) is 0 Å². The second-order valence-corrected chi connectivity index (χ2v) is 7.16. The highest BCUT2D eigenvalue weighted by Gasteiger charge is 2.16. The van der Waals surface area contributed by atoms with Crippen molar-refractivity contribution in [1.29, 1.82) is 0 Å². The minimum atomic E-state index is -0.675. The van der Waals surface area contributed by atoms with Gasteiger partial charge in [-0.1, -0.05) is 43.9 Å². The van der Waals surface area contributed by atoms with Gasteiger partial charge in [0.25, 0.3) is 5.91 Å². The number of aliphatic carboxylic acids is 1. The van der Waals surface area contributed by atoms with Crippen molar-refractivity contribution in [3.8, 4) is 5.75 Å². The lowest BCUT2D eigenvalue weighted by Gasteiger charge is -2.10. The van der Waals surface area contributed by atoms with Crippen LogP contribution in [0, 0.1) is 0 Å². The fourth-order valence-electron chi connectivity index (χ4n) is 3.12. The quantitative estimate of drug-likeness (QED) is 0.375. The van der Waals surface area contributed by atoms with Crippen LogP contribution in [-0.2, 0) is 4.79 Å². The minimum Gasteiger partial charge on any atom is -0.495 e. The number of amides is 1. The number of carboxylic acids is 1. The van der Waals surface area contributed by atoms with Crippen molar-refractivity contribution >= 4 is 45.3 Å². The number of methoxy groups -OCH3 is 1. The molecular formula is C22H25ClN2O5. The SMILES string of the molecule is CCCCCCC(=O)O.COc1cccc2c(=O)c3c(Cl)ccc(C(N)=O)c3[nH]c12. The number of pyridine rings is 1. The molecule has 0 spiro atoms. The first-order valence-electron chi connectivity index (χ1n) is 9.64. The smallest absolute Gasteiger partial charge is 0.303 e.